The number of aromatic nitrogens is 2. The molecular formula is C21H22N4O5S. The molecule has 1 aliphatic heterocycles. The highest BCUT2D eigenvalue weighted by molar-refractivity contribution is 7.08. The van der Waals surface area contributed by atoms with Gasteiger partial charge in [0.25, 0.3) is 0 Å². The number of benzene rings is 1. The van der Waals surface area contributed by atoms with Crippen molar-refractivity contribution < 1.29 is 23.9 Å². The van der Waals surface area contributed by atoms with Gasteiger partial charge in [-0.15, -0.1) is 5.10 Å². The Morgan fingerprint density at radius 3 is 2.84 bits per heavy atom. The second kappa shape index (κ2) is 8.54. The molecule has 0 unspecified atom stereocenters. The third-order valence-electron chi connectivity index (χ3n) is 5.57. The van der Waals surface area contributed by atoms with Crippen LogP contribution in [-0.2, 0) is 16.0 Å². The van der Waals surface area contributed by atoms with E-state index < -0.39 is 18.1 Å². The maximum absolute atomic E-state index is 13.2. The minimum atomic E-state index is -0.744. The van der Waals surface area contributed by atoms with Crippen LogP contribution in [0, 0.1) is 12.8 Å². The summed E-state index contributed by atoms with van der Waals surface area (Å²) in [6, 6.07) is 5.21. The Bertz CT molecular complexity index is 1070. The molecule has 10 heteroatoms. The van der Waals surface area contributed by atoms with Gasteiger partial charge in [-0.25, -0.2) is 4.79 Å². The number of cyclic esters (lactones) is 1. The number of carbonyl (C=O) groups is 4. The number of nitrogens with zero attached hydrogens (tertiary/aromatic N) is 3. The van der Waals surface area contributed by atoms with Crippen molar-refractivity contribution in [2.24, 2.45) is 5.92 Å². The van der Waals surface area contributed by atoms with Gasteiger partial charge >= 0.3 is 6.09 Å². The largest absolute Gasteiger partial charge is 0.442 e. The van der Waals surface area contributed by atoms with Crippen molar-refractivity contribution in [1.29, 1.82) is 0 Å². The third-order valence-corrected chi connectivity index (χ3v) is 6.41. The van der Waals surface area contributed by atoms with Crippen molar-refractivity contribution in [3.63, 3.8) is 0 Å². The molecule has 2 atom stereocenters. The summed E-state index contributed by atoms with van der Waals surface area (Å²) in [5, 5.41) is 6.53. The van der Waals surface area contributed by atoms with Crippen molar-refractivity contribution in [2.45, 2.75) is 39.2 Å². The average molecular weight is 442 g/mol. The number of hydrogen-bond acceptors (Lipinski definition) is 8. The van der Waals surface area contributed by atoms with Crippen LogP contribution in [0.3, 0.4) is 0 Å². The molecule has 0 bridgehead atoms. The van der Waals surface area contributed by atoms with Crippen molar-refractivity contribution in [1.82, 2.24) is 14.9 Å². The summed E-state index contributed by atoms with van der Waals surface area (Å²) in [5.74, 6) is -1.36. The Morgan fingerprint density at radius 2 is 2.13 bits per heavy atom. The summed E-state index contributed by atoms with van der Waals surface area (Å²) in [6.07, 6.45) is 0.853. The van der Waals surface area contributed by atoms with E-state index in [9.17, 15) is 19.2 Å². The fourth-order valence-corrected chi connectivity index (χ4v) is 4.62. The van der Waals surface area contributed by atoms with Gasteiger partial charge in [0.1, 0.15) is 11.0 Å². The van der Waals surface area contributed by atoms with Crippen LogP contribution in [0.15, 0.2) is 18.2 Å². The van der Waals surface area contributed by atoms with E-state index in [1.54, 1.807) is 19.1 Å². The minimum Gasteiger partial charge on any atom is -0.442 e. The average Bonchev–Trinajstić information content (AvgIpc) is 3.29. The molecule has 1 N–H and O–H groups in total. The standard InChI is InChI=1S/C21H22N4O5S/c1-11-20(31-24-23-11)19(28)17-5-3-4-13-8-14(6-7-16(13)18(17)27)25-10-15(30-21(25)29)9-22-12(2)26/h6-8,15,17H,3-5,9-10H2,1-2H3,(H,22,26)/t15-,17+/m0/s1. The SMILES string of the molecule is CC(=O)NC[C@H]1CN(c2ccc3c(c2)CCC[C@@H](C(=O)c2snnc2C)C3=O)C(=O)O1. The molecule has 2 aromatic rings. The molecule has 0 saturated carbocycles. The number of aryl methyl sites for hydroxylation is 2. The van der Waals surface area contributed by atoms with Gasteiger partial charge in [-0.2, -0.15) is 0 Å². The van der Waals surface area contributed by atoms with E-state index in [1.165, 1.54) is 11.8 Å². The van der Waals surface area contributed by atoms with Crippen molar-refractivity contribution >= 4 is 40.8 Å². The van der Waals surface area contributed by atoms with Gasteiger partial charge in [0.15, 0.2) is 11.6 Å². The molecule has 1 aromatic carbocycles. The minimum absolute atomic E-state index is 0.188. The summed E-state index contributed by atoms with van der Waals surface area (Å²) >= 11 is 1.02. The first kappa shape index (κ1) is 21.1. The van der Waals surface area contributed by atoms with Crippen LogP contribution < -0.4 is 10.2 Å². The fraction of sp³-hybridized carbons (Fsp3) is 0.429. The Balaban J connectivity index is 1.54. The van der Waals surface area contributed by atoms with Gasteiger partial charge in [-0.1, -0.05) is 4.49 Å². The number of carbonyl (C=O) groups excluding carboxylic acids is 4. The molecule has 1 fully saturated rings. The number of rotatable bonds is 5. The number of anilines is 1. The second-order valence-corrected chi connectivity index (χ2v) is 8.51. The number of ketones is 2. The molecule has 2 heterocycles. The smallest absolute Gasteiger partial charge is 0.414 e. The number of hydrogen-bond donors (Lipinski definition) is 1. The van der Waals surface area contributed by atoms with Gasteiger partial charge in [-0.05, 0) is 61.5 Å². The maximum Gasteiger partial charge on any atom is 0.414 e. The predicted molar refractivity (Wildman–Crippen MR) is 112 cm³/mol. The molecule has 1 saturated heterocycles. The molecule has 9 nitrogen and oxygen atoms in total. The van der Waals surface area contributed by atoms with E-state index in [2.05, 4.69) is 14.9 Å². The van der Waals surface area contributed by atoms with Crippen LogP contribution in [0.5, 0.6) is 0 Å². The Hall–Kier alpha value is -3.14. The van der Waals surface area contributed by atoms with E-state index in [1.807, 2.05) is 6.07 Å². The lowest BCUT2D eigenvalue weighted by atomic mass is 9.90. The molecule has 1 aromatic heterocycles. The lowest BCUT2D eigenvalue weighted by Gasteiger charge is -2.16. The van der Waals surface area contributed by atoms with Crippen molar-refractivity contribution in [3.8, 4) is 0 Å². The Labute approximate surface area is 182 Å². The monoisotopic (exact) mass is 442 g/mol. The highest BCUT2D eigenvalue weighted by Gasteiger charge is 2.36. The zero-order valence-corrected chi connectivity index (χ0v) is 18.0. The summed E-state index contributed by atoms with van der Waals surface area (Å²) in [6.45, 7) is 3.68. The summed E-state index contributed by atoms with van der Waals surface area (Å²) < 4.78 is 9.13. The van der Waals surface area contributed by atoms with Crippen LogP contribution >= 0.6 is 11.5 Å². The Morgan fingerprint density at radius 1 is 1.32 bits per heavy atom. The van der Waals surface area contributed by atoms with Gasteiger partial charge in [0, 0.05) is 18.2 Å². The molecule has 162 valence electrons. The molecule has 1 aliphatic carbocycles. The number of ether oxygens (including phenoxy) is 1. The molecular weight excluding hydrogens is 420 g/mol. The van der Waals surface area contributed by atoms with Crippen LogP contribution in [0.4, 0.5) is 10.5 Å². The third kappa shape index (κ3) is 4.20. The molecule has 0 radical (unpaired) electrons. The lowest BCUT2D eigenvalue weighted by Crippen LogP contribution is -2.33. The van der Waals surface area contributed by atoms with E-state index in [0.717, 1.165) is 17.1 Å². The van der Waals surface area contributed by atoms with Crippen LogP contribution in [0.1, 0.15) is 51.1 Å². The predicted octanol–water partition coefficient (Wildman–Crippen LogP) is 2.33. The normalized spacial score (nSPS) is 20.8. The van der Waals surface area contributed by atoms with Crippen LogP contribution in [0.2, 0.25) is 0 Å². The topological polar surface area (TPSA) is 119 Å². The number of fused-ring (bicyclic) bond motifs is 1. The zero-order valence-electron chi connectivity index (χ0n) is 17.2. The molecule has 31 heavy (non-hydrogen) atoms. The van der Waals surface area contributed by atoms with E-state index in [4.69, 9.17) is 4.74 Å². The summed E-state index contributed by atoms with van der Waals surface area (Å²) in [4.78, 5) is 51.4. The van der Waals surface area contributed by atoms with Crippen LogP contribution in [-0.4, -0.2) is 52.3 Å². The first-order valence-electron chi connectivity index (χ1n) is 10.1. The van der Waals surface area contributed by atoms with E-state index in [-0.39, 0.29) is 24.0 Å². The van der Waals surface area contributed by atoms with E-state index in [0.29, 0.717) is 47.6 Å². The Kier molecular flexibility index (Phi) is 5.81. The van der Waals surface area contributed by atoms with Crippen LogP contribution in [0.25, 0.3) is 0 Å². The summed E-state index contributed by atoms with van der Waals surface area (Å²) in [5.41, 5.74) is 2.50. The number of Topliss-reactive ketones (excluding diaryl/α,β-unsaturated/α-hetero) is 2. The first-order chi connectivity index (χ1) is 14.8. The fourth-order valence-electron chi connectivity index (χ4n) is 3.97. The first-order valence-corrected chi connectivity index (χ1v) is 10.9. The molecule has 4 rings (SSSR count). The number of amides is 2. The number of nitrogens with one attached hydrogen (secondary N) is 1. The van der Waals surface area contributed by atoms with Gasteiger partial charge in [0.05, 0.1) is 24.7 Å². The zero-order chi connectivity index (χ0) is 22.1. The second-order valence-electron chi connectivity index (χ2n) is 7.76. The van der Waals surface area contributed by atoms with Gasteiger partial charge < -0.3 is 10.1 Å². The molecule has 2 aliphatic rings. The summed E-state index contributed by atoms with van der Waals surface area (Å²) in [7, 11) is 0. The van der Waals surface area contributed by atoms with Gasteiger partial charge in [0.2, 0.25) is 5.91 Å². The highest BCUT2D eigenvalue weighted by Crippen LogP contribution is 2.32. The highest BCUT2D eigenvalue weighted by atomic mass is 32.1. The van der Waals surface area contributed by atoms with Crippen molar-refractivity contribution in [3.05, 3.63) is 39.9 Å². The van der Waals surface area contributed by atoms with Gasteiger partial charge in [-0.3, -0.25) is 19.3 Å². The molecule has 2 amide bonds. The quantitative estimate of drug-likeness (QED) is 0.429. The van der Waals surface area contributed by atoms with Crippen molar-refractivity contribution in [2.75, 3.05) is 18.0 Å². The molecule has 0 spiro atoms. The maximum atomic E-state index is 13.2. The van der Waals surface area contributed by atoms with E-state index >= 15 is 0 Å². The lowest BCUT2D eigenvalue weighted by molar-refractivity contribution is -0.119.